The van der Waals surface area contributed by atoms with Crippen molar-refractivity contribution in [1.29, 1.82) is 0 Å². The summed E-state index contributed by atoms with van der Waals surface area (Å²) in [5, 5.41) is 0. The highest BCUT2D eigenvalue weighted by molar-refractivity contribution is 5.88. The van der Waals surface area contributed by atoms with Crippen LogP contribution in [0.3, 0.4) is 0 Å². The summed E-state index contributed by atoms with van der Waals surface area (Å²) >= 11 is 0. The van der Waals surface area contributed by atoms with Crippen LogP contribution in [0, 0.1) is 0 Å². The van der Waals surface area contributed by atoms with Crippen molar-refractivity contribution >= 4 is 5.97 Å². The molecule has 0 aromatic rings. The molecule has 0 aliphatic carbocycles. The van der Waals surface area contributed by atoms with Crippen molar-refractivity contribution in [2.45, 2.75) is 19.8 Å². The highest BCUT2D eigenvalue weighted by atomic mass is 16.5. The van der Waals surface area contributed by atoms with Gasteiger partial charge in [-0.15, -0.1) is 0 Å². The first-order valence-electron chi connectivity index (χ1n) is 5.85. The number of carbonyl (C=O) groups is 1. The molecule has 1 fully saturated rings. The maximum absolute atomic E-state index is 11.3. The lowest BCUT2D eigenvalue weighted by molar-refractivity contribution is -0.136. The van der Waals surface area contributed by atoms with Crippen LogP contribution in [0.2, 0.25) is 0 Å². The standard InChI is InChI=1S/C12H21NO3/c1-3-11(12(14)15-2)5-7-13-6-4-9-16-10-8-13/h5H,3-4,6-10H2,1-2H3. The molecule has 1 rings (SSSR count). The van der Waals surface area contributed by atoms with Crippen LogP contribution < -0.4 is 0 Å². The zero-order valence-electron chi connectivity index (χ0n) is 10.2. The van der Waals surface area contributed by atoms with Crippen LogP contribution in [0.5, 0.6) is 0 Å². The summed E-state index contributed by atoms with van der Waals surface area (Å²) in [7, 11) is 1.42. The molecule has 0 aromatic heterocycles. The highest BCUT2D eigenvalue weighted by Gasteiger charge is 2.10. The molecule has 1 heterocycles. The summed E-state index contributed by atoms with van der Waals surface area (Å²) in [6.07, 6.45) is 3.75. The van der Waals surface area contributed by atoms with Gasteiger partial charge in [0.05, 0.1) is 13.7 Å². The molecule has 1 aliphatic heterocycles. The first-order chi connectivity index (χ1) is 7.77. The molecule has 0 unspecified atom stereocenters. The Morgan fingerprint density at radius 1 is 1.44 bits per heavy atom. The van der Waals surface area contributed by atoms with E-state index in [1.165, 1.54) is 7.11 Å². The van der Waals surface area contributed by atoms with Gasteiger partial charge in [0, 0.05) is 31.8 Å². The fourth-order valence-electron chi connectivity index (χ4n) is 1.72. The molecule has 0 atom stereocenters. The predicted octanol–water partition coefficient (Wildman–Crippen LogP) is 1.22. The lowest BCUT2D eigenvalue weighted by atomic mass is 10.2. The molecule has 1 saturated heterocycles. The minimum Gasteiger partial charge on any atom is -0.466 e. The Labute approximate surface area is 97.2 Å². The average molecular weight is 227 g/mol. The molecular formula is C12H21NO3. The van der Waals surface area contributed by atoms with Gasteiger partial charge < -0.3 is 9.47 Å². The van der Waals surface area contributed by atoms with E-state index in [0.717, 1.165) is 51.3 Å². The topological polar surface area (TPSA) is 38.8 Å². The van der Waals surface area contributed by atoms with Crippen molar-refractivity contribution in [3.63, 3.8) is 0 Å². The van der Waals surface area contributed by atoms with E-state index in [4.69, 9.17) is 9.47 Å². The van der Waals surface area contributed by atoms with E-state index < -0.39 is 0 Å². The summed E-state index contributed by atoms with van der Waals surface area (Å²) in [6, 6.07) is 0. The Balaban J connectivity index is 2.44. The van der Waals surface area contributed by atoms with Gasteiger partial charge in [0.1, 0.15) is 0 Å². The van der Waals surface area contributed by atoms with Crippen LogP contribution >= 0.6 is 0 Å². The third-order valence-corrected chi connectivity index (χ3v) is 2.74. The molecule has 0 amide bonds. The van der Waals surface area contributed by atoms with Gasteiger partial charge in [0.2, 0.25) is 0 Å². The number of rotatable bonds is 4. The Kier molecular flexibility index (Phi) is 6.11. The van der Waals surface area contributed by atoms with Gasteiger partial charge in [0.25, 0.3) is 0 Å². The second kappa shape index (κ2) is 7.41. The third-order valence-electron chi connectivity index (χ3n) is 2.74. The lowest BCUT2D eigenvalue weighted by Crippen LogP contribution is -2.27. The number of nitrogens with zero attached hydrogens (tertiary/aromatic N) is 1. The Bertz CT molecular complexity index is 243. The first-order valence-corrected chi connectivity index (χ1v) is 5.85. The maximum Gasteiger partial charge on any atom is 0.333 e. The fourth-order valence-corrected chi connectivity index (χ4v) is 1.72. The minimum absolute atomic E-state index is 0.214. The number of methoxy groups -OCH3 is 1. The fraction of sp³-hybridized carbons (Fsp3) is 0.750. The van der Waals surface area contributed by atoms with Crippen molar-refractivity contribution in [2.24, 2.45) is 0 Å². The summed E-state index contributed by atoms with van der Waals surface area (Å²) in [6.45, 7) is 6.38. The maximum atomic E-state index is 11.3. The second-order valence-corrected chi connectivity index (χ2v) is 3.84. The molecule has 4 heteroatoms. The molecule has 0 spiro atoms. The lowest BCUT2D eigenvalue weighted by Gasteiger charge is -2.17. The summed E-state index contributed by atoms with van der Waals surface area (Å²) in [5.41, 5.74) is 0.757. The third kappa shape index (κ3) is 4.33. The first kappa shape index (κ1) is 13.2. The largest absolute Gasteiger partial charge is 0.466 e. The molecular weight excluding hydrogens is 206 g/mol. The van der Waals surface area contributed by atoms with E-state index in [9.17, 15) is 4.79 Å². The van der Waals surface area contributed by atoms with Crippen molar-refractivity contribution in [1.82, 2.24) is 4.90 Å². The van der Waals surface area contributed by atoms with Gasteiger partial charge >= 0.3 is 5.97 Å². The number of ether oxygens (including phenoxy) is 2. The van der Waals surface area contributed by atoms with E-state index in [-0.39, 0.29) is 5.97 Å². The smallest absolute Gasteiger partial charge is 0.333 e. The Hall–Kier alpha value is -0.870. The van der Waals surface area contributed by atoms with Gasteiger partial charge in [-0.3, -0.25) is 4.90 Å². The summed E-state index contributed by atoms with van der Waals surface area (Å²) in [5.74, 6) is -0.214. The molecule has 0 aromatic carbocycles. The van der Waals surface area contributed by atoms with Gasteiger partial charge in [-0.05, 0) is 12.8 Å². The number of hydrogen-bond donors (Lipinski definition) is 0. The van der Waals surface area contributed by atoms with Gasteiger partial charge in [-0.1, -0.05) is 13.0 Å². The van der Waals surface area contributed by atoms with Crippen LogP contribution in [-0.2, 0) is 14.3 Å². The quantitative estimate of drug-likeness (QED) is 0.534. The Morgan fingerprint density at radius 3 is 2.94 bits per heavy atom. The molecule has 0 bridgehead atoms. The molecule has 4 nitrogen and oxygen atoms in total. The molecule has 92 valence electrons. The van der Waals surface area contributed by atoms with Gasteiger partial charge in [0.15, 0.2) is 0 Å². The molecule has 16 heavy (non-hydrogen) atoms. The van der Waals surface area contributed by atoms with Crippen molar-refractivity contribution in [3.05, 3.63) is 11.6 Å². The van der Waals surface area contributed by atoms with Crippen molar-refractivity contribution < 1.29 is 14.3 Å². The van der Waals surface area contributed by atoms with Crippen molar-refractivity contribution in [2.75, 3.05) is 40.0 Å². The molecule has 0 N–H and O–H groups in total. The van der Waals surface area contributed by atoms with E-state index in [1.807, 2.05) is 13.0 Å². The number of carbonyl (C=O) groups excluding carboxylic acids is 1. The van der Waals surface area contributed by atoms with E-state index in [0.29, 0.717) is 0 Å². The van der Waals surface area contributed by atoms with E-state index >= 15 is 0 Å². The van der Waals surface area contributed by atoms with Crippen LogP contribution in [0.25, 0.3) is 0 Å². The second-order valence-electron chi connectivity index (χ2n) is 3.84. The minimum atomic E-state index is -0.214. The molecule has 0 radical (unpaired) electrons. The van der Waals surface area contributed by atoms with Gasteiger partial charge in [-0.25, -0.2) is 4.79 Å². The number of esters is 1. The van der Waals surface area contributed by atoms with Gasteiger partial charge in [-0.2, -0.15) is 0 Å². The molecule has 1 aliphatic rings. The summed E-state index contributed by atoms with van der Waals surface area (Å²) in [4.78, 5) is 13.6. The Morgan fingerprint density at radius 2 is 2.25 bits per heavy atom. The van der Waals surface area contributed by atoms with Crippen molar-refractivity contribution in [3.8, 4) is 0 Å². The van der Waals surface area contributed by atoms with Crippen LogP contribution in [0.4, 0.5) is 0 Å². The predicted molar refractivity (Wildman–Crippen MR) is 62.3 cm³/mol. The normalized spacial score (nSPS) is 19.2. The van der Waals surface area contributed by atoms with Crippen LogP contribution in [0.1, 0.15) is 19.8 Å². The van der Waals surface area contributed by atoms with Crippen LogP contribution in [0.15, 0.2) is 11.6 Å². The highest BCUT2D eigenvalue weighted by Crippen LogP contribution is 2.05. The monoisotopic (exact) mass is 227 g/mol. The van der Waals surface area contributed by atoms with Crippen LogP contribution in [-0.4, -0.2) is 50.8 Å². The number of hydrogen-bond acceptors (Lipinski definition) is 4. The molecule has 0 saturated carbocycles. The zero-order valence-corrected chi connectivity index (χ0v) is 10.2. The average Bonchev–Trinajstić information content (AvgIpc) is 2.58. The summed E-state index contributed by atoms with van der Waals surface area (Å²) < 4.78 is 10.1. The zero-order chi connectivity index (χ0) is 11.8. The SMILES string of the molecule is CCC(=CCN1CCCOCC1)C(=O)OC. The van der Waals surface area contributed by atoms with E-state index in [2.05, 4.69) is 4.90 Å². The van der Waals surface area contributed by atoms with E-state index in [1.54, 1.807) is 0 Å².